The van der Waals surface area contributed by atoms with Crippen LogP contribution < -0.4 is 0 Å². The highest BCUT2D eigenvalue weighted by molar-refractivity contribution is 7.91. The van der Waals surface area contributed by atoms with Crippen molar-refractivity contribution in [2.45, 2.75) is 32.1 Å². The van der Waals surface area contributed by atoms with Crippen LogP contribution in [0.5, 0.6) is 0 Å². The van der Waals surface area contributed by atoms with Crippen LogP contribution in [0.3, 0.4) is 0 Å². The van der Waals surface area contributed by atoms with Crippen LogP contribution in [0.25, 0.3) is 0 Å². The number of nitrogens with zero attached hydrogens (tertiary/aromatic N) is 1. The average Bonchev–Trinajstić information content (AvgIpc) is 2.62. The summed E-state index contributed by atoms with van der Waals surface area (Å²) in [5.74, 6) is -0.387. The molecule has 1 aromatic carbocycles. The molecule has 1 amide bonds. The number of hydrogen-bond acceptors (Lipinski definition) is 4. The summed E-state index contributed by atoms with van der Waals surface area (Å²) in [6, 6.07) is 6.92. The summed E-state index contributed by atoms with van der Waals surface area (Å²) in [4.78, 5) is 25.6. The second-order valence-corrected chi connectivity index (χ2v) is 9.73. The zero-order valence-corrected chi connectivity index (χ0v) is 15.6. The van der Waals surface area contributed by atoms with Crippen molar-refractivity contribution in [1.82, 2.24) is 4.90 Å². The molecule has 2 aliphatic heterocycles. The summed E-state index contributed by atoms with van der Waals surface area (Å²) < 4.78 is 23.1. The fraction of sp³-hybridized carbons (Fsp3) is 0.579. The van der Waals surface area contributed by atoms with E-state index in [1.807, 2.05) is 17.0 Å². The molecule has 0 spiro atoms. The summed E-state index contributed by atoms with van der Waals surface area (Å²) in [5, 5.41) is 8.97. The Balaban J connectivity index is 1.57. The smallest absolute Gasteiger partial charge is 0.335 e. The number of piperidine rings is 1. The highest BCUT2D eigenvalue weighted by Crippen LogP contribution is 2.26. The third-order valence-electron chi connectivity index (χ3n) is 5.46. The molecule has 1 aromatic rings. The third kappa shape index (κ3) is 4.63. The van der Waals surface area contributed by atoms with Crippen molar-refractivity contribution in [2.75, 3.05) is 24.6 Å². The Hall–Kier alpha value is -1.89. The first kappa shape index (κ1) is 18.9. The molecule has 1 atom stereocenters. The fourth-order valence-electron chi connectivity index (χ4n) is 3.94. The average molecular weight is 379 g/mol. The number of carboxylic acid groups (broad SMARTS) is 1. The molecule has 0 aliphatic carbocycles. The Kier molecular flexibility index (Phi) is 5.65. The van der Waals surface area contributed by atoms with E-state index in [2.05, 4.69) is 0 Å². The summed E-state index contributed by atoms with van der Waals surface area (Å²) >= 11 is 0. The number of sulfone groups is 1. The molecule has 142 valence electrons. The van der Waals surface area contributed by atoms with Gasteiger partial charge < -0.3 is 10.0 Å². The molecule has 0 saturated carbocycles. The molecule has 1 N–H and O–H groups in total. The van der Waals surface area contributed by atoms with Gasteiger partial charge in [-0.3, -0.25) is 4.79 Å². The van der Waals surface area contributed by atoms with Crippen molar-refractivity contribution < 1.29 is 23.1 Å². The van der Waals surface area contributed by atoms with Gasteiger partial charge in [0, 0.05) is 19.0 Å². The largest absolute Gasteiger partial charge is 0.478 e. The van der Waals surface area contributed by atoms with Crippen LogP contribution in [0, 0.1) is 11.8 Å². The van der Waals surface area contributed by atoms with Gasteiger partial charge in [-0.15, -0.1) is 0 Å². The topological polar surface area (TPSA) is 91.8 Å². The molecule has 0 bridgehead atoms. The minimum absolute atomic E-state index is 0.103. The van der Waals surface area contributed by atoms with Gasteiger partial charge in [0.25, 0.3) is 0 Å². The highest BCUT2D eigenvalue weighted by Gasteiger charge is 2.33. The lowest BCUT2D eigenvalue weighted by Crippen LogP contribution is -2.45. The molecular formula is C19H25NO5S. The lowest BCUT2D eigenvalue weighted by atomic mass is 9.90. The molecule has 0 radical (unpaired) electrons. The number of carboxylic acids is 1. The third-order valence-corrected chi connectivity index (χ3v) is 7.18. The van der Waals surface area contributed by atoms with Crippen molar-refractivity contribution in [3.05, 3.63) is 35.4 Å². The van der Waals surface area contributed by atoms with E-state index < -0.39 is 15.8 Å². The first-order valence-corrected chi connectivity index (χ1v) is 11.0. The van der Waals surface area contributed by atoms with Gasteiger partial charge in [0.15, 0.2) is 0 Å². The van der Waals surface area contributed by atoms with E-state index in [9.17, 15) is 18.0 Å². The Labute approximate surface area is 154 Å². The van der Waals surface area contributed by atoms with Crippen molar-refractivity contribution in [3.63, 3.8) is 0 Å². The molecule has 2 saturated heterocycles. The Morgan fingerprint density at radius 3 is 2.35 bits per heavy atom. The number of carbonyl (C=O) groups excluding carboxylic acids is 1. The Bertz CT molecular complexity index is 758. The van der Waals surface area contributed by atoms with Crippen LogP contribution in [0.4, 0.5) is 0 Å². The summed E-state index contributed by atoms with van der Waals surface area (Å²) in [6.45, 7) is 1.44. The van der Waals surface area contributed by atoms with E-state index in [-0.39, 0.29) is 28.9 Å². The standard InChI is InChI=1S/C19H25NO5S/c21-18(16-7-10-26(24,25)11-8-16)20-9-1-2-15(13-20)12-14-3-5-17(6-4-14)19(22)23/h3-6,15-16H,1-2,7-13H2,(H,22,23). The van der Waals surface area contributed by atoms with Gasteiger partial charge in [0.2, 0.25) is 5.91 Å². The van der Waals surface area contributed by atoms with Crippen molar-refractivity contribution in [2.24, 2.45) is 11.8 Å². The zero-order valence-electron chi connectivity index (χ0n) is 14.8. The second kappa shape index (κ2) is 7.78. The monoisotopic (exact) mass is 379 g/mol. The van der Waals surface area contributed by atoms with Gasteiger partial charge in [-0.05, 0) is 55.7 Å². The predicted molar refractivity (Wildman–Crippen MR) is 97.8 cm³/mol. The van der Waals surface area contributed by atoms with Crippen LogP contribution in [-0.2, 0) is 21.1 Å². The molecule has 26 heavy (non-hydrogen) atoms. The van der Waals surface area contributed by atoms with E-state index in [1.54, 1.807) is 12.1 Å². The minimum Gasteiger partial charge on any atom is -0.478 e. The number of rotatable bonds is 4. The lowest BCUT2D eigenvalue weighted by molar-refractivity contribution is -0.137. The molecule has 2 aliphatic rings. The first-order chi connectivity index (χ1) is 12.3. The number of likely N-dealkylation sites (tertiary alicyclic amines) is 1. The van der Waals surface area contributed by atoms with E-state index in [4.69, 9.17) is 5.11 Å². The van der Waals surface area contributed by atoms with Gasteiger partial charge in [0.05, 0.1) is 17.1 Å². The van der Waals surface area contributed by atoms with E-state index in [1.165, 1.54) is 0 Å². The van der Waals surface area contributed by atoms with E-state index in [0.29, 0.717) is 25.3 Å². The summed E-state index contributed by atoms with van der Waals surface area (Å²) in [5.41, 5.74) is 1.36. The molecular weight excluding hydrogens is 354 g/mol. The molecule has 6 nitrogen and oxygen atoms in total. The number of hydrogen-bond donors (Lipinski definition) is 1. The number of carbonyl (C=O) groups is 2. The van der Waals surface area contributed by atoms with Crippen LogP contribution >= 0.6 is 0 Å². The maximum atomic E-state index is 12.7. The normalized spacial score (nSPS) is 23.5. The Morgan fingerprint density at radius 2 is 1.73 bits per heavy atom. The maximum absolute atomic E-state index is 12.7. The van der Waals surface area contributed by atoms with Gasteiger partial charge in [-0.2, -0.15) is 0 Å². The minimum atomic E-state index is -2.95. The fourth-order valence-corrected chi connectivity index (χ4v) is 5.44. The van der Waals surface area contributed by atoms with Crippen molar-refractivity contribution >= 4 is 21.7 Å². The van der Waals surface area contributed by atoms with Crippen LogP contribution in [-0.4, -0.2) is 54.9 Å². The van der Waals surface area contributed by atoms with E-state index >= 15 is 0 Å². The van der Waals surface area contributed by atoms with Gasteiger partial charge in [0.1, 0.15) is 9.84 Å². The Morgan fingerprint density at radius 1 is 1.08 bits per heavy atom. The highest BCUT2D eigenvalue weighted by atomic mass is 32.2. The molecule has 2 heterocycles. The first-order valence-electron chi connectivity index (χ1n) is 9.15. The molecule has 2 fully saturated rings. The molecule has 7 heteroatoms. The van der Waals surface area contributed by atoms with Crippen LogP contribution in [0.15, 0.2) is 24.3 Å². The van der Waals surface area contributed by atoms with Crippen LogP contribution in [0.1, 0.15) is 41.6 Å². The molecule has 0 aromatic heterocycles. The molecule has 1 unspecified atom stereocenters. The second-order valence-electron chi connectivity index (χ2n) is 7.42. The van der Waals surface area contributed by atoms with E-state index in [0.717, 1.165) is 31.4 Å². The van der Waals surface area contributed by atoms with Gasteiger partial charge in [-0.1, -0.05) is 12.1 Å². The van der Waals surface area contributed by atoms with Crippen molar-refractivity contribution in [3.8, 4) is 0 Å². The van der Waals surface area contributed by atoms with Gasteiger partial charge in [-0.25, -0.2) is 13.2 Å². The maximum Gasteiger partial charge on any atom is 0.335 e. The number of amides is 1. The quantitative estimate of drug-likeness (QED) is 0.864. The number of benzene rings is 1. The number of aromatic carboxylic acids is 1. The SMILES string of the molecule is O=C(O)c1ccc(CC2CCCN(C(=O)C3CCS(=O)(=O)CC3)C2)cc1. The summed E-state index contributed by atoms with van der Waals surface area (Å²) in [7, 11) is -2.95. The predicted octanol–water partition coefficient (Wildman–Crippen LogP) is 1.99. The summed E-state index contributed by atoms with van der Waals surface area (Å²) in [6.07, 6.45) is 3.71. The molecule has 3 rings (SSSR count). The zero-order chi connectivity index (χ0) is 18.7. The lowest BCUT2D eigenvalue weighted by Gasteiger charge is -2.36. The van der Waals surface area contributed by atoms with Crippen molar-refractivity contribution in [1.29, 1.82) is 0 Å². The van der Waals surface area contributed by atoms with Crippen LogP contribution in [0.2, 0.25) is 0 Å². The van der Waals surface area contributed by atoms with Gasteiger partial charge >= 0.3 is 5.97 Å².